The molecule has 0 bridgehead atoms. The fraction of sp³-hybridized carbons (Fsp3) is 0.684. The minimum absolute atomic E-state index is 0.733. The number of carbonyl (C=O) groups excluding carboxylic acids is 2. The summed E-state index contributed by atoms with van der Waals surface area (Å²) in [6.07, 6.45) is 15.3. The largest absolute Gasteiger partial charge is 0.303 e. The normalized spacial score (nSPS) is 9.62. The molecule has 0 heterocycles. The summed E-state index contributed by atoms with van der Waals surface area (Å²) >= 11 is 0. The molecule has 0 aliphatic carbocycles. The van der Waals surface area contributed by atoms with Crippen LogP contribution in [-0.4, -0.2) is 12.6 Å². The summed E-state index contributed by atoms with van der Waals surface area (Å²) < 4.78 is 0. The summed E-state index contributed by atoms with van der Waals surface area (Å²) in [7, 11) is 0. The summed E-state index contributed by atoms with van der Waals surface area (Å²) in [5.74, 6) is 0. The van der Waals surface area contributed by atoms with Crippen LogP contribution >= 0.6 is 0 Å². The van der Waals surface area contributed by atoms with E-state index >= 15 is 0 Å². The van der Waals surface area contributed by atoms with Crippen LogP contribution in [0.2, 0.25) is 0 Å². The van der Waals surface area contributed by atoms with Gasteiger partial charge in [0.1, 0.15) is 12.6 Å². The standard InChI is InChI=1S/C10H18O.C5H10O.C4H8/c1-3-5-6-8-10(9-11)7-4-2;1-2-3-4-5-6;1-3-4-2/h8-9H,3-7H2,1-2H3;5H,2-4H2,1H3;3H,1,4H2,2H3/b10-8+;;. The minimum atomic E-state index is 0.733. The molecule has 0 fully saturated rings. The molecule has 0 atom stereocenters. The van der Waals surface area contributed by atoms with Gasteiger partial charge in [-0.1, -0.05) is 65.5 Å². The van der Waals surface area contributed by atoms with E-state index in [1.807, 2.05) is 6.08 Å². The summed E-state index contributed by atoms with van der Waals surface area (Å²) in [6, 6.07) is 0. The van der Waals surface area contributed by atoms with Crippen molar-refractivity contribution in [2.75, 3.05) is 0 Å². The molecular weight excluding hydrogens is 260 g/mol. The Morgan fingerprint density at radius 3 is 1.71 bits per heavy atom. The van der Waals surface area contributed by atoms with Gasteiger partial charge in [0.2, 0.25) is 0 Å². The SMILES string of the molecule is C=CCC.CCCC/C=C(/C=O)CCC.CCCCC=O. The lowest BCUT2D eigenvalue weighted by Gasteiger charge is -1.95. The quantitative estimate of drug-likeness (QED) is 0.212. The Balaban J connectivity index is -0.000000272. The van der Waals surface area contributed by atoms with Gasteiger partial charge in [-0.2, -0.15) is 0 Å². The van der Waals surface area contributed by atoms with Crippen LogP contribution in [-0.2, 0) is 9.59 Å². The van der Waals surface area contributed by atoms with Crippen LogP contribution in [0.15, 0.2) is 24.3 Å². The zero-order chi connectivity index (χ0) is 16.8. The van der Waals surface area contributed by atoms with Crippen molar-refractivity contribution in [3.63, 3.8) is 0 Å². The predicted molar refractivity (Wildman–Crippen MR) is 94.7 cm³/mol. The molecule has 0 aliphatic rings. The molecule has 0 N–H and O–H groups in total. The van der Waals surface area contributed by atoms with Gasteiger partial charge in [0.25, 0.3) is 0 Å². The average Bonchev–Trinajstić information content (AvgIpc) is 2.53. The lowest BCUT2D eigenvalue weighted by Crippen LogP contribution is -1.83. The van der Waals surface area contributed by atoms with Crippen LogP contribution < -0.4 is 0 Å². The molecule has 2 heteroatoms. The van der Waals surface area contributed by atoms with Crippen LogP contribution in [0.1, 0.15) is 85.5 Å². The average molecular weight is 296 g/mol. The molecule has 0 radical (unpaired) electrons. The second kappa shape index (κ2) is 27.2. The van der Waals surface area contributed by atoms with Gasteiger partial charge in [0.05, 0.1) is 0 Å². The smallest absolute Gasteiger partial charge is 0.145 e. The molecule has 0 rings (SSSR count). The summed E-state index contributed by atoms with van der Waals surface area (Å²) in [6.45, 7) is 11.9. The monoisotopic (exact) mass is 296 g/mol. The van der Waals surface area contributed by atoms with Crippen molar-refractivity contribution in [3.05, 3.63) is 24.3 Å². The predicted octanol–water partition coefficient (Wildman–Crippen LogP) is 6.06. The van der Waals surface area contributed by atoms with Crippen LogP contribution in [0, 0.1) is 0 Å². The van der Waals surface area contributed by atoms with Gasteiger partial charge in [-0.3, -0.25) is 4.79 Å². The van der Waals surface area contributed by atoms with Crippen molar-refractivity contribution >= 4 is 12.6 Å². The Morgan fingerprint density at radius 2 is 1.43 bits per heavy atom. The Bertz CT molecular complexity index is 242. The molecule has 0 aromatic carbocycles. The van der Waals surface area contributed by atoms with E-state index in [9.17, 15) is 9.59 Å². The third-order valence-corrected chi connectivity index (χ3v) is 2.62. The number of hydrogen-bond acceptors (Lipinski definition) is 2. The van der Waals surface area contributed by atoms with Gasteiger partial charge < -0.3 is 4.79 Å². The van der Waals surface area contributed by atoms with E-state index in [4.69, 9.17) is 0 Å². The second-order valence-corrected chi connectivity index (χ2v) is 4.79. The van der Waals surface area contributed by atoms with Gasteiger partial charge >= 0.3 is 0 Å². The van der Waals surface area contributed by atoms with E-state index in [1.165, 1.54) is 12.8 Å². The molecule has 0 spiro atoms. The zero-order valence-corrected chi connectivity index (χ0v) is 14.7. The van der Waals surface area contributed by atoms with Gasteiger partial charge in [-0.25, -0.2) is 0 Å². The molecule has 124 valence electrons. The number of allylic oxidation sites excluding steroid dienone is 3. The third kappa shape index (κ3) is 32.4. The van der Waals surface area contributed by atoms with E-state index in [1.54, 1.807) is 0 Å². The van der Waals surface area contributed by atoms with E-state index in [2.05, 4.69) is 40.3 Å². The Hall–Kier alpha value is -1.18. The fourth-order valence-corrected chi connectivity index (χ4v) is 1.28. The molecule has 21 heavy (non-hydrogen) atoms. The summed E-state index contributed by atoms with van der Waals surface area (Å²) in [5.41, 5.74) is 0.973. The Labute approximate surface area is 132 Å². The maximum Gasteiger partial charge on any atom is 0.145 e. The number of aldehydes is 2. The maximum atomic E-state index is 10.4. The highest BCUT2D eigenvalue weighted by atomic mass is 16.1. The van der Waals surface area contributed by atoms with E-state index < -0.39 is 0 Å². The molecule has 2 nitrogen and oxygen atoms in total. The summed E-state index contributed by atoms with van der Waals surface area (Å²) in [4.78, 5) is 20.0. The van der Waals surface area contributed by atoms with Gasteiger partial charge in [-0.15, -0.1) is 6.58 Å². The number of hydrogen-bond donors (Lipinski definition) is 0. The lowest BCUT2D eigenvalue weighted by molar-refractivity contribution is -0.108. The molecule has 0 aromatic rings. The second-order valence-electron chi connectivity index (χ2n) is 4.79. The molecular formula is C19H36O2. The zero-order valence-electron chi connectivity index (χ0n) is 14.7. The number of unbranched alkanes of at least 4 members (excludes halogenated alkanes) is 4. The highest BCUT2D eigenvalue weighted by Crippen LogP contribution is 2.05. The lowest BCUT2D eigenvalue weighted by atomic mass is 10.1. The van der Waals surface area contributed by atoms with Crippen molar-refractivity contribution < 1.29 is 9.59 Å². The highest BCUT2D eigenvalue weighted by molar-refractivity contribution is 5.72. The summed E-state index contributed by atoms with van der Waals surface area (Å²) in [5, 5.41) is 0. The van der Waals surface area contributed by atoms with Crippen LogP contribution in [0.5, 0.6) is 0 Å². The topological polar surface area (TPSA) is 34.1 Å². The highest BCUT2D eigenvalue weighted by Gasteiger charge is 1.91. The first-order valence-corrected chi connectivity index (χ1v) is 8.36. The Morgan fingerprint density at radius 1 is 0.905 bits per heavy atom. The van der Waals surface area contributed by atoms with E-state index in [-0.39, 0.29) is 0 Å². The first-order valence-electron chi connectivity index (χ1n) is 8.36. The molecule has 0 saturated carbocycles. The van der Waals surface area contributed by atoms with E-state index in [0.717, 1.165) is 63.1 Å². The minimum Gasteiger partial charge on any atom is -0.303 e. The van der Waals surface area contributed by atoms with Crippen molar-refractivity contribution in [2.45, 2.75) is 85.5 Å². The van der Waals surface area contributed by atoms with Crippen molar-refractivity contribution in [1.29, 1.82) is 0 Å². The third-order valence-electron chi connectivity index (χ3n) is 2.62. The molecule has 0 aromatic heterocycles. The van der Waals surface area contributed by atoms with Crippen molar-refractivity contribution in [2.24, 2.45) is 0 Å². The Kier molecular flexibility index (Phi) is 32.2. The van der Waals surface area contributed by atoms with Crippen LogP contribution in [0.25, 0.3) is 0 Å². The maximum absolute atomic E-state index is 10.4. The molecule has 0 aliphatic heterocycles. The molecule has 0 saturated heterocycles. The number of rotatable bonds is 10. The first-order chi connectivity index (χ1) is 10.2. The first kappa shape index (κ1) is 24.8. The van der Waals surface area contributed by atoms with Gasteiger partial charge in [-0.05, 0) is 31.3 Å². The fourth-order valence-electron chi connectivity index (χ4n) is 1.28. The van der Waals surface area contributed by atoms with Crippen molar-refractivity contribution in [1.82, 2.24) is 0 Å². The van der Waals surface area contributed by atoms with Crippen LogP contribution in [0.4, 0.5) is 0 Å². The van der Waals surface area contributed by atoms with E-state index in [0.29, 0.717) is 0 Å². The van der Waals surface area contributed by atoms with Gasteiger partial charge in [0.15, 0.2) is 0 Å². The van der Waals surface area contributed by atoms with Crippen LogP contribution in [0.3, 0.4) is 0 Å². The van der Waals surface area contributed by atoms with Crippen molar-refractivity contribution in [3.8, 4) is 0 Å². The van der Waals surface area contributed by atoms with Gasteiger partial charge in [0, 0.05) is 6.42 Å². The number of carbonyl (C=O) groups is 2. The molecule has 0 amide bonds. The molecule has 0 unspecified atom stereocenters.